The molecule has 0 fully saturated rings. The van der Waals surface area contributed by atoms with Crippen LogP contribution in [0.3, 0.4) is 0 Å². The highest BCUT2D eigenvalue weighted by molar-refractivity contribution is 6.13. The Labute approximate surface area is 156 Å². The standard InChI is InChI=1S/C23H17NO3/c1-13-10-11-15(23(26)27)12-20(13)24-22(25)19-9-5-8-18-17-7-4-3-6-16(17)14(2)21(18)19/h3-12H,2H2,1H3,(H,24,25)(H,26,27). The summed E-state index contributed by atoms with van der Waals surface area (Å²) < 4.78 is 0. The van der Waals surface area contributed by atoms with Gasteiger partial charge in [-0.1, -0.05) is 49.0 Å². The number of hydrogen-bond acceptors (Lipinski definition) is 2. The molecule has 4 heteroatoms. The van der Waals surface area contributed by atoms with Crippen molar-refractivity contribution in [1.29, 1.82) is 0 Å². The fourth-order valence-corrected chi connectivity index (χ4v) is 3.49. The number of benzene rings is 3. The number of nitrogens with one attached hydrogen (secondary N) is 1. The summed E-state index contributed by atoms with van der Waals surface area (Å²) in [7, 11) is 0. The van der Waals surface area contributed by atoms with E-state index in [0.29, 0.717) is 11.3 Å². The second kappa shape index (κ2) is 6.25. The molecule has 2 N–H and O–H groups in total. The van der Waals surface area contributed by atoms with Crippen molar-refractivity contribution < 1.29 is 14.7 Å². The zero-order valence-corrected chi connectivity index (χ0v) is 14.7. The molecule has 0 aromatic heterocycles. The van der Waals surface area contributed by atoms with Gasteiger partial charge < -0.3 is 10.4 Å². The molecule has 0 radical (unpaired) electrons. The quantitative estimate of drug-likeness (QED) is 0.544. The molecule has 0 saturated carbocycles. The summed E-state index contributed by atoms with van der Waals surface area (Å²) in [5, 5.41) is 12.0. The van der Waals surface area contributed by atoms with E-state index in [2.05, 4.69) is 11.9 Å². The molecule has 0 heterocycles. The van der Waals surface area contributed by atoms with Gasteiger partial charge in [-0.2, -0.15) is 0 Å². The van der Waals surface area contributed by atoms with Crippen molar-refractivity contribution in [3.8, 4) is 11.1 Å². The second-order valence-corrected chi connectivity index (χ2v) is 6.54. The van der Waals surface area contributed by atoms with E-state index in [0.717, 1.165) is 33.4 Å². The molecule has 0 spiro atoms. The number of hydrogen-bond donors (Lipinski definition) is 2. The molecule has 1 aliphatic rings. The minimum atomic E-state index is -1.03. The van der Waals surface area contributed by atoms with Gasteiger partial charge >= 0.3 is 5.97 Å². The SMILES string of the molecule is C=C1c2ccccc2-c2cccc(C(=O)Nc3cc(C(=O)O)ccc3C)c21. The molecule has 1 aliphatic carbocycles. The van der Waals surface area contributed by atoms with Crippen molar-refractivity contribution in [1.82, 2.24) is 0 Å². The molecule has 1 amide bonds. The van der Waals surface area contributed by atoms with Gasteiger partial charge in [0.2, 0.25) is 0 Å². The zero-order chi connectivity index (χ0) is 19.1. The Morgan fingerprint density at radius 1 is 0.926 bits per heavy atom. The lowest BCUT2D eigenvalue weighted by molar-refractivity contribution is 0.0696. The maximum atomic E-state index is 13.0. The Morgan fingerprint density at radius 2 is 1.63 bits per heavy atom. The summed E-state index contributed by atoms with van der Waals surface area (Å²) in [6.07, 6.45) is 0. The van der Waals surface area contributed by atoms with E-state index in [1.165, 1.54) is 12.1 Å². The summed E-state index contributed by atoms with van der Waals surface area (Å²) in [6, 6.07) is 18.2. The third-order valence-electron chi connectivity index (χ3n) is 4.89. The molecule has 0 bridgehead atoms. The van der Waals surface area contributed by atoms with Crippen LogP contribution in [0.1, 0.15) is 37.4 Å². The van der Waals surface area contributed by atoms with Gasteiger partial charge in [0, 0.05) is 16.8 Å². The van der Waals surface area contributed by atoms with E-state index in [9.17, 15) is 14.7 Å². The number of carboxylic acid groups (broad SMARTS) is 1. The largest absolute Gasteiger partial charge is 0.478 e. The number of amides is 1. The van der Waals surface area contributed by atoms with Crippen LogP contribution in [-0.2, 0) is 0 Å². The van der Waals surface area contributed by atoms with Crippen molar-refractivity contribution in [3.63, 3.8) is 0 Å². The number of anilines is 1. The van der Waals surface area contributed by atoms with Crippen molar-refractivity contribution in [2.45, 2.75) is 6.92 Å². The summed E-state index contributed by atoms with van der Waals surface area (Å²) in [5.41, 5.74) is 6.65. The molecule has 3 aromatic carbocycles. The highest BCUT2D eigenvalue weighted by Gasteiger charge is 2.26. The minimum absolute atomic E-state index is 0.131. The number of aryl methyl sites for hydroxylation is 1. The van der Waals surface area contributed by atoms with Crippen LogP contribution in [0.2, 0.25) is 0 Å². The maximum Gasteiger partial charge on any atom is 0.335 e. The molecule has 0 unspecified atom stereocenters. The second-order valence-electron chi connectivity index (χ2n) is 6.54. The van der Waals surface area contributed by atoms with Crippen LogP contribution in [-0.4, -0.2) is 17.0 Å². The van der Waals surface area contributed by atoms with Crippen LogP contribution < -0.4 is 5.32 Å². The molecule has 0 atom stereocenters. The molecule has 27 heavy (non-hydrogen) atoms. The van der Waals surface area contributed by atoms with Gasteiger partial charge in [-0.15, -0.1) is 0 Å². The van der Waals surface area contributed by atoms with Crippen molar-refractivity contribution in [3.05, 3.63) is 95.1 Å². The van der Waals surface area contributed by atoms with Gasteiger partial charge in [-0.25, -0.2) is 4.79 Å². The third kappa shape index (κ3) is 2.72. The van der Waals surface area contributed by atoms with E-state index in [1.54, 1.807) is 12.1 Å². The van der Waals surface area contributed by atoms with E-state index < -0.39 is 5.97 Å². The normalized spacial score (nSPS) is 11.7. The number of carboxylic acids is 1. The Morgan fingerprint density at radius 3 is 2.37 bits per heavy atom. The molecular formula is C23H17NO3. The van der Waals surface area contributed by atoms with Gasteiger partial charge in [0.05, 0.1) is 5.56 Å². The predicted molar refractivity (Wildman–Crippen MR) is 106 cm³/mol. The average molecular weight is 355 g/mol. The molecule has 132 valence electrons. The van der Waals surface area contributed by atoms with Gasteiger partial charge in [0.25, 0.3) is 5.91 Å². The van der Waals surface area contributed by atoms with Crippen molar-refractivity contribution in [2.75, 3.05) is 5.32 Å². The molecule has 4 rings (SSSR count). The highest BCUT2D eigenvalue weighted by atomic mass is 16.4. The van der Waals surface area contributed by atoms with Crippen LogP contribution in [0, 0.1) is 6.92 Å². The summed E-state index contributed by atoms with van der Waals surface area (Å²) in [6.45, 7) is 6.01. The van der Waals surface area contributed by atoms with Crippen LogP contribution in [0.5, 0.6) is 0 Å². The lowest BCUT2D eigenvalue weighted by Gasteiger charge is -2.12. The van der Waals surface area contributed by atoms with Crippen LogP contribution >= 0.6 is 0 Å². The topological polar surface area (TPSA) is 66.4 Å². The fraction of sp³-hybridized carbons (Fsp3) is 0.0435. The van der Waals surface area contributed by atoms with E-state index in [1.807, 2.05) is 43.3 Å². The first-order valence-electron chi connectivity index (χ1n) is 8.54. The Bertz CT molecular complexity index is 1130. The Hall–Kier alpha value is -3.66. The monoisotopic (exact) mass is 355 g/mol. The van der Waals surface area contributed by atoms with Gasteiger partial charge in [-0.05, 0) is 52.9 Å². The number of carbonyl (C=O) groups is 2. The maximum absolute atomic E-state index is 13.0. The highest BCUT2D eigenvalue weighted by Crippen LogP contribution is 2.44. The number of aromatic carboxylic acids is 1. The number of carbonyl (C=O) groups excluding carboxylic acids is 1. The number of rotatable bonds is 3. The first-order valence-corrected chi connectivity index (χ1v) is 8.54. The number of fused-ring (bicyclic) bond motifs is 3. The summed E-state index contributed by atoms with van der Waals surface area (Å²) in [4.78, 5) is 24.2. The zero-order valence-electron chi connectivity index (χ0n) is 14.7. The fourth-order valence-electron chi connectivity index (χ4n) is 3.49. The van der Waals surface area contributed by atoms with Crippen LogP contribution in [0.25, 0.3) is 16.7 Å². The third-order valence-corrected chi connectivity index (χ3v) is 4.89. The van der Waals surface area contributed by atoms with Crippen molar-refractivity contribution >= 4 is 23.1 Å². The molecule has 0 saturated heterocycles. The average Bonchev–Trinajstić information content (AvgIpc) is 2.96. The smallest absolute Gasteiger partial charge is 0.335 e. The molecular weight excluding hydrogens is 338 g/mol. The first kappa shape index (κ1) is 16.8. The predicted octanol–water partition coefficient (Wildman–Crippen LogP) is 4.99. The molecule has 4 nitrogen and oxygen atoms in total. The van der Waals surface area contributed by atoms with E-state index in [-0.39, 0.29) is 11.5 Å². The van der Waals surface area contributed by atoms with E-state index in [4.69, 9.17) is 0 Å². The first-order chi connectivity index (χ1) is 13.0. The van der Waals surface area contributed by atoms with Crippen LogP contribution in [0.15, 0.2) is 67.2 Å². The Kier molecular flexibility index (Phi) is 3.89. The molecule has 3 aromatic rings. The summed E-state index contributed by atoms with van der Waals surface area (Å²) >= 11 is 0. The van der Waals surface area contributed by atoms with Gasteiger partial charge in [-0.3, -0.25) is 4.79 Å². The lowest BCUT2D eigenvalue weighted by atomic mass is 9.98. The van der Waals surface area contributed by atoms with Crippen LogP contribution in [0.4, 0.5) is 5.69 Å². The Balaban J connectivity index is 1.75. The summed E-state index contributed by atoms with van der Waals surface area (Å²) in [5.74, 6) is -1.32. The van der Waals surface area contributed by atoms with E-state index >= 15 is 0 Å². The minimum Gasteiger partial charge on any atom is -0.478 e. The van der Waals surface area contributed by atoms with Gasteiger partial charge in [0.1, 0.15) is 0 Å². The van der Waals surface area contributed by atoms with Gasteiger partial charge in [0.15, 0.2) is 0 Å². The van der Waals surface area contributed by atoms with Crippen molar-refractivity contribution in [2.24, 2.45) is 0 Å². The lowest BCUT2D eigenvalue weighted by Crippen LogP contribution is -2.15. The molecule has 0 aliphatic heterocycles.